The van der Waals surface area contributed by atoms with E-state index < -0.39 is 0 Å². The first-order valence-corrected chi connectivity index (χ1v) is 6.55. The number of benzene rings is 1. The monoisotopic (exact) mass is 263 g/mol. The van der Waals surface area contributed by atoms with Crippen molar-refractivity contribution in [3.05, 3.63) is 53.1 Å². The molecule has 18 heavy (non-hydrogen) atoms. The van der Waals surface area contributed by atoms with Crippen molar-refractivity contribution in [2.75, 3.05) is 7.05 Å². The zero-order chi connectivity index (χ0) is 13.0. The minimum Gasteiger partial charge on any atom is -0.335 e. The Morgan fingerprint density at radius 2 is 2.17 bits per heavy atom. The smallest absolute Gasteiger partial charge is 0.110 e. The normalized spacial score (nSPS) is 12.6. The third kappa shape index (κ3) is 2.74. The van der Waals surface area contributed by atoms with Crippen LogP contribution in [0, 0.1) is 0 Å². The first-order chi connectivity index (χ1) is 8.76. The van der Waals surface area contributed by atoms with E-state index in [1.165, 1.54) is 0 Å². The average molecular weight is 264 g/mol. The Morgan fingerprint density at radius 3 is 2.83 bits per heavy atom. The molecule has 0 saturated heterocycles. The molecular formula is C14H18ClN3. The van der Waals surface area contributed by atoms with Crippen LogP contribution in [0.25, 0.3) is 0 Å². The SMILES string of the molecule is CCn1ccnc1CC(NC)c1ccccc1Cl. The quantitative estimate of drug-likeness (QED) is 0.899. The number of halogens is 1. The van der Waals surface area contributed by atoms with Crippen LogP contribution in [-0.4, -0.2) is 16.6 Å². The summed E-state index contributed by atoms with van der Waals surface area (Å²) in [5.74, 6) is 1.08. The molecule has 1 aromatic carbocycles. The number of aryl methyl sites for hydroxylation is 1. The predicted molar refractivity (Wildman–Crippen MR) is 74.9 cm³/mol. The van der Waals surface area contributed by atoms with Gasteiger partial charge in [0.1, 0.15) is 5.82 Å². The van der Waals surface area contributed by atoms with Crippen LogP contribution in [-0.2, 0) is 13.0 Å². The lowest BCUT2D eigenvalue weighted by Crippen LogP contribution is -2.21. The van der Waals surface area contributed by atoms with Crippen molar-refractivity contribution in [2.45, 2.75) is 25.9 Å². The summed E-state index contributed by atoms with van der Waals surface area (Å²) in [5.41, 5.74) is 1.12. The van der Waals surface area contributed by atoms with E-state index in [0.29, 0.717) is 0 Å². The number of likely N-dealkylation sites (N-methyl/N-ethyl adjacent to an activating group) is 1. The number of hydrogen-bond donors (Lipinski definition) is 1. The second kappa shape index (κ2) is 6.03. The topological polar surface area (TPSA) is 29.9 Å². The molecule has 0 radical (unpaired) electrons. The molecule has 1 unspecified atom stereocenters. The van der Waals surface area contributed by atoms with Crippen molar-refractivity contribution in [3.8, 4) is 0 Å². The van der Waals surface area contributed by atoms with E-state index in [1.807, 2.05) is 37.6 Å². The highest BCUT2D eigenvalue weighted by atomic mass is 35.5. The Kier molecular flexibility index (Phi) is 4.39. The molecule has 1 aromatic heterocycles. The van der Waals surface area contributed by atoms with Crippen LogP contribution in [0.15, 0.2) is 36.7 Å². The van der Waals surface area contributed by atoms with Crippen molar-refractivity contribution in [1.82, 2.24) is 14.9 Å². The van der Waals surface area contributed by atoms with Gasteiger partial charge in [-0.1, -0.05) is 29.8 Å². The maximum absolute atomic E-state index is 6.24. The maximum Gasteiger partial charge on any atom is 0.110 e. The largest absolute Gasteiger partial charge is 0.335 e. The Morgan fingerprint density at radius 1 is 1.39 bits per heavy atom. The highest BCUT2D eigenvalue weighted by Gasteiger charge is 2.15. The molecule has 2 aromatic rings. The Bertz CT molecular complexity index is 507. The van der Waals surface area contributed by atoms with E-state index in [-0.39, 0.29) is 6.04 Å². The number of hydrogen-bond acceptors (Lipinski definition) is 2. The van der Waals surface area contributed by atoms with Crippen LogP contribution >= 0.6 is 11.6 Å². The van der Waals surface area contributed by atoms with Gasteiger partial charge in [0.25, 0.3) is 0 Å². The van der Waals surface area contributed by atoms with Gasteiger partial charge in [0, 0.05) is 36.4 Å². The highest BCUT2D eigenvalue weighted by Crippen LogP contribution is 2.24. The molecule has 96 valence electrons. The zero-order valence-electron chi connectivity index (χ0n) is 10.7. The van der Waals surface area contributed by atoms with E-state index in [2.05, 4.69) is 27.9 Å². The summed E-state index contributed by atoms with van der Waals surface area (Å²) in [6.07, 6.45) is 4.69. The Labute approximate surface area is 113 Å². The summed E-state index contributed by atoms with van der Waals surface area (Å²) in [5, 5.41) is 4.11. The summed E-state index contributed by atoms with van der Waals surface area (Å²) in [4.78, 5) is 4.41. The number of aromatic nitrogens is 2. The summed E-state index contributed by atoms with van der Waals surface area (Å²) in [6, 6.07) is 8.13. The van der Waals surface area contributed by atoms with Gasteiger partial charge in [-0.05, 0) is 25.6 Å². The molecule has 0 bridgehead atoms. The summed E-state index contributed by atoms with van der Waals surface area (Å²) in [6.45, 7) is 3.06. The van der Waals surface area contributed by atoms with Crippen LogP contribution in [0.4, 0.5) is 0 Å². The van der Waals surface area contributed by atoms with Gasteiger partial charge in [-0.15, -0.1) is 0 Å². The molecule has 0 aliphatic rings. The molecule has 1 N–H and O–H groups in total. The van der Waals surface area contributed by atoms with Crippen molar-refractivity contribution >= 4 is 11.6 Å². The van der Waals surface area contributed by atoms with Crippen molar-refractivity contribution in [3.63, 3.8) is 0 Å². The van der Waals surface area contributed by atoms with Crippen LogP contribution in [0.2, 0.25) is 5.02 Å². The molecule has 3 nitrogen and oxygen atoms in total. The molecule has 0 aliphatic heterocycles. The van der Waals surface area contributed by atoms with E-state index in [1.54, 1.807) is 0 Å². The van der Waals surface area contributed by atoms with Crippen molar-refractivity contribution in [2.24, 2.45) is 0 Å². The van der Waals surface area contributed by atoms with Crippen LogP contribution < -0.4 is 5.32 Å². The third-order valence-corrected chi connectivity index (χ3v) is 3.50. The molecule has 0 amide bonds. The Hall–Kier alpha value is -1.32. The zero-order valence-corrected chi connectivity index (χ0v) is 11.5. The lowest BCUT2D eigenvalue weighted by Gasteiger charge is -2.18. The van der Waals surface area contributed by atoms with Gasteiger partial charge < -0.3 is 9.88 Å². The van der Waals surface area contributed by atoms with Gasteiger partial charge in [-0.3, -0.25) is 0 Å². The lowest BCUT2D eigenvalue weighted by atomic mass is 10.0. The van der Waals surface area contributed by atoms with Gasteiger partial charge in [0.15, 0.2) is 0 Å². The van der Waals surface area contributed by atoms with E-state index in [4.69, 9.17) is 11.6 Å². The number of rotatable bonds is 5. The molecule has 4 heteroatoms. The molecule has 2 rings (SSSR count). The van der Waals surface area contributed by atoms with E-state index in [0.717, 1.165) is 29.4 Å². The molecule has 0 saturated carbocycles. The predicted octanol–water partition coefficient (Wildman–Crippen LogP) is 3.06. The summed E-state index contributed by atoms with van der Waals surface area (Å²) < 4.78 is 2.15. The van der Waals surface area contributed by atoms with Crippen LogP contribution in [0.1, 0.15) is 24.4 Å². The lowest BCUT2D eigenvalue weighted by molar-refractivity contribution is 0.553. The molecule has 1 atom stereocenters. The highest BCUT2D eigenvalue weighted by molar-refractivity contribution is 6.31. The average Bonchev–Trinajstić information content (AvgIpc) is 2.84. The van der Waals surface area contributed by atoms with Gasteiger partial charge in [-0.25, -0.2) is 4.98 Å². The van der Waals surface area contributed by atoms with E-state index >= 15 is 0 Å². The fraction of sp³-hybridized carbons (Fsp3) is 0.357. The van der Waals surface area contributed by atoms with Gasteiger partial charge in [0.05, 0.1) is 0 Å². The fourth-order valence-electron chi connectivity index (χ4n) is 2.13. The molecule has 0 aliphatic carbocycles. The van der Waals surface area contributed by atoms with Crippen LogP contribution in [0.5, 0.6) is 0 Å². The van der Waals surface area contributed by atoms with Crippen molar-refractivity contribution in [1.29, 1.82) is 0 Å². The summed E-state index contributed by atoms with van der Waals surface area (Å²) in [7, 11) is 1.95. The number of nitrogens with zero attached hydrogens (tertiary/aromatic N) is 2. The minimum absolute atomic E-state index is 0.186. The van der Waals surface area contributed by atoms with Crippen molar-refractivity contribution < 1.29 is 0 Å². The molecule has 1 heterocycles. The first kappa shape index (κ1) is 13.1. The number of nitrogens with one attached hydrogen (secondary N) is 1. The summed E-state index contributed by atoms with van der Waals surface area (Å²) >= 11 is 6.24. The van der Waals surface area contributed by atoms with E-state index in [9.17, 15) is 0 Å². The minimum atomic E-state index is 0.186. The Balaban J connectivity index is 2.23. The van der Waals surface area contributed by atoms with Gasteiger partial charge in [0.2, 0.25) is 0 Å². The second-order valence-electron chi connectivity index (χ2n) is 4.20. The molecular weight excluding hydrogens is 246 g/mol. The van der Waals surface area contributed by atoms with Crippen LogP contribution in [0.3, 0.4) is 0 Å². The third-order valence-electron chi connectivity index (χ3n) is 3.16. The van der Waals surface area contributed by atoms with Gasteiger partial charge >= 0.3 is 0 Å². The van der Waals surface area contributed by atoms with Gasteiger partial charge in [-0.2, -0.15) is 0 Å². The number of imidazole rings is 1. The standard InChI is InChI=1S/C14H18ClN3/c1-3-18-9-8-17-14(18)10-13(16-2)11-6-4-5-7-12(11)15/h4-9,13,16H,3,10H2,1-2H3. The molecule has 0 spiro atoms. The second-order valence-corrected chi connectivity index (χ2v) is 4.60. The first-order valence-electron chi connectivity index (χ1n) is 6.18. The maximum atomic E-state index is 6.24. The molecule has 0 fully saturated rings. The fourth-order valence-corrected chi connectivity index (χ4v) is 2.39.